The molecule has 6 nitrogen and oxygen atoms in total. The number of hydrogen-bond acceptors (Lipinski definition) is 4. The molecule has 0 atom stereocenters. The molecule has 160 valence electrons. The second-order valence-electron chi connectivity index (χ2n) is 7.13. The average molecular weight is 492 g/mol. The number of carboxylic acid groups (broad SMARTS) is 1. The van der Waals surface area contributed by atoms with Gasteiger partial charge < -0.3 is 9.84 Å². The molecule has 0 aliphatic rings. The third kappa shape index (κ3) is 3.94. The fourth-order valence-electron chi connectivity index (χ4n) is 3.70. The normalized spacial score (nSPS) is 10.8. The molecule has 0 aliphatic heterocycles. The first kappa shape index (κ1) is 21.5. The Morgan fingerprint density at radius 1 is 0.969 bits per heavy atom. The van der Waals surface area contributed by atoms with Crippen molar-refractivity contribution in [2.24, 2.45) is 0 Å². The lowest BCUT2D eigenvalue weighted by atomic mass is 9.96. The molecule has 4 rings (SSSR count). The number of ketones is 1. The largest absolute Gasteiger partial charge is 0.497 e. The Kier molecular flexibility index (Phi) is 5.92. The molecule has 0 fully saturated rings. The molecular weight excluding hydrogens is 474 g/mol. The van der Waals surface area contributed by atoms with Gasteiger partial charge >= 0.3 is 5.97 Å². The molecule has 0 saturated carbocycles. The van der Waals surface area contributed by atoms with Crippen molar-refractivity contribution in [3.05, 3.63) is 98.9 Å². The van der Waals surface area contributed by atoms with Crippen molar-refractivity contribution in [3.63, 3.8) is 0 Å². The van der Waals surface area contributed by atoms with Crippen molar-refractivity contribution in [1.82, 2.24) is 4.57 Å². The Bertz CT molecular complexity index is 1390. The van der Waals surface area contributed by atoms with E-state index in [1.807, 2.05) is 6.07 Å². The van der Waals surface area contributed by atoms with E-state index in [2.05, 4.69) is 15.9 Å². The summed E-state index contributed by atoms with van der Waals surface area (Å²) < 4.78 is 6.87. The number of pyridine rings is 1. The van der Waals surface area contributed by atoms with Gasteiger partial charge in [-0.05, 0) is 53.4 Å². The van der Waals surface area contributed by atoms with Crippen LogP contribution in [0.2, 0.25) is 0 Å². The van der Waals surface area contributed by atoms with Crippen molar-refractivity contribution >= 4 is 38.5 Å². The van der Waals surface area contributed by atoms with Crippen LogP contribution in [-0.4, -0.2) is 28.5 Å². The number of carbonyl (C=O) groups excluding carboxylic acids is 1. The van der Waals surface area contributed by atoms with E-state index in [-0.39, 0.29) is 11.5 Å². The first-order valence-corrected chi connectivity index (χ1v) is 10.5. The fourth-order valence-corrected chi connectivity index (χ4v) is 4.06. The smallest absolute Gasteiger partial charge is 0.353 e. The van der Waals surface area contributed by atoms with E-state index >= 15 is 0 Å². The lowest BCUT2D eigenvalue weighted by Crippen LogP contribution is -2.30. The quantitative estimate of drug-likeness (QED) is 0.382. The standard InChI is InChI=1S/C25H18BrNO5/c1-32-18-10-7-15(8-11-18)21(28)14-27-23(25(30)31)22(16-5-3-2-4-6-16)20-13-17(26)9-12-19(20)24(27)29/h2-13H,14H2,1H3,(H,30,31). The Morgan fingerprint density at radius 3 is 2.28 bits per heavy atom. The molecule has 1 aromatic heterocycles. The van der Waals surface area contributed by atoms with E-state index in [1.54, 1.807) is 66.7 Å². The molecule has 1 heterocycles. The van der Waals surface area contributed by atoms with E-state index < -0.39 is 18.1 Å². The van der Waals surface area contributed by atoms with Gasteiger partial charge in [-0.2, -0.15) is 0 Å². The number of halogens is 1. The highest BCUT2D eigenvalue weighted by Gasteiger charge is 2.24. The van der Waals surface area contributed by atoms with Gasteiger partial charge in [-0.25, -0.2) is 4.79 Å². The molecule has 0 spiro atoms. The first-order chi connectivity index (χ1) is 15.4. The third-order valence-electron chi connectivity index (χ3n) is 5.21. The number of rotatable bonds is 6. The molecule has 7 heteroatoms. The van der Waals surface area contributed by atoms with Crippen LogP contribution in [0.25, 0.3) is 21.9 Å². The number of Topliss-reactive ketones (excluding diaryl/α,β-unsaturated/α-hetero) is 1. The number of benzene rings is 3. The predicted molar refractivity (Wildman–Crippen MR) is 126 cm³/mol. The van der Waals surface area contributed by atoms with Crippen LogP contribution in [0.15, 0.2) is 82.1 Å². The Labute approximate surface area is 191 Å². The van der Waals surface area contributed by atoms with Gasteiger partial charge in [-0.1, -0.05) is 46.3 Å². The van der Waals surface area contributed by atoms with Crippen LogP contribution in [0.5, 0.6) is 5.75 Å². The second-order valence-corrected chi connectivity index (χ2v) is 8.04. The molecule has 32 heavy (non-hydrogen) atoms. The van der Waals surface area contributed by atoms with Crippen molar-refractivity contribution in [1.29, 1.82) is 0 Å². The molecule has 0 unspecified atom stereocenters. The molecule has 3 aromatic carbocycles. The third-order valence-corrected chi connectivity index (χ3v) is 5.71. The van der Waals surface area contributed by atoms with Gasteiger partial charge in [0.05, 0.1) is 13.7 Å². The minimum Gasteiger partial charge on any atom is -0.497 e. The molecule has 0 aliphatic carbocycles. The molecule has 4 aromatic rings. The molecule has 0 bridgehead atoms. The van der Waals surface area contributed by atoms with Gasteiger partial charge in [0.15, 0.2) is 5.78 Å². The van der Waals surface area contributed by atoms with E-state index in [0.29, 0.717) is 37.7 Å². The zero-order chi connectivity index (χ0) is 22.8. The number of fused-ring (bicyclic) bond motifs is 1. The second kappa shape index (κ2) is 8.80. The van der Waals surface area contributed by atoms with Gasteiger partial charge in [0.2, 0.25) is 0 Å². The summed E-state index contributed by atoms with van der Waals surface area (Å²) in [6.07, 6.45) is 0. The number of carbonyl (C=O) groups is 2. The molecular formula is C25H18BrNO5. The van der Waals surface area contributed by atoms with Gasteiger partial charge in [0, 0.05) is 21.0 Å². The van der Waals surface area contributed by atoms with Crippen molar-refractivity contribution < 1.29 is 19.4 Å². The maximum absolute atomic E-state index is 13.3. The lowest BCUT2D eigenvalue weighted by Gasteiger charge is -2.17. The van der Waals surface area contributed by atoms with Crippen LogP contribution in [0.3, 0.4) is 0 Å². The van der Waals surface area contributed by atoms with Crippen LogP contribution in [0, 0.1) is 0 Å². The van der Waals surface area contributed by atoms with Gasteiger partial charge in [0.1, 0.15) is 11.4 Å². The Hall–Kier alpha value is -3.71. The van der Waals surface area contributed by atoms with Crippen LogP contribution in [0.1, 0.15) is 20.8 Å². The van der Waals surface area contributed by atoms with Crippen molar-refractivity contribution in [3.8, 4) is 16.9 Å². The summed E-state index contributed by atoms with van der Waals surface area (Å²) in [4.78, 5) is 38.7. The summed E-state index contributed by atoms with van der Waals surface area (Å²) in [5.74, 6) is -1.08. The minimum atomic E-state index is -1.29. The van der Waals surface area contributed by atoms with E-state index in [4.69, 9.17) is 4.74 Å². The van der Waals surface area contributed by atoms with Crippen LogP contribution < -0.4 is 10.3 Å². The summed E-state index contributed by atoms with van der Waals surface area (Å²) in [5.41, 5.74) is 0.612. The number of carboxylic acids is 1. The zero-order valence-corrected chi connectivity index (χ0v) is 18.6. The highest BCUT2D eigenvalue weighted by atomic mass is 79.9. The van der Waals surface area contributed by atoms with Gasteiger partial charge in [-0.15, -0.1) is 0 Å². The number of ether oxygens (including phenoxy) is 1. The van der Waals surface area contributed by atoms with Gasteiger partial charge in [-0.3, -0.25) is 14.2 Å². The number of hydrogen-bond donors (Lipinski definition) is 1. The van der Waals surface area contributed by atoms with Crippen LogP contribution in [-0.2, 0) is 6.54 Å². The maximum atomic E-state index is 13.3. The summed E-state index contributed by atoms with van der Waals surface area (Å²) in [6, 6.07) is 20.5. The molecule has 0 amide bonds. The van der Waals surface area contributed by atoms with Crippen LogP contribution in [0.4, 0.5) is 0 Å². The Morgan fingerprint density at radius 2 is 1.66 bits per heavy atom. The molecule has 0 saturated heterocycles. The predicted octanol–water partition coefficient (Wildman–Crippen LogP) is 5.02. The highest BCUT2D eigenvalue weighted by molar-refractivity contribution is 9.10. The highest BCUT2D eigenvalue weighted by Crippen LogP contribution is 2.32. The van der Waals surface area contributed by atoms with E-state index in [0.717, 1.165) is 4.57 Å². The average Bonchev–Trinajstić information content (AvgIpc) is 2.80. The number of aromatic carboxylic acids is 1. The number of aromatic nitrogens is 1. The van der Waals surface area contributed by atoms with E-state index in [1.165, 1.54) is 7.11 Å². The SMILES string of the molecule is COc1ccc(C(=O)Cn2c(C(=O)O)c(-c3ccccc3)c3cc(Br)ccc3c2=O)cc1. The summed E-state index contributed by atoms with van der Waals surface area (Å²) >= 11 is 3.41. The van der Waals surface area contributed by atoms with Crippen molar-refractivity contribution in [2.45, 2.75) is 6.54 Å². The van der Waals surface area contributed by atoms with Crippen LogP contribution >= 0.6 is 15.9 Å². The number of methoxy groups -OCH3 is 1. The molecule has 1 N–H and O–H groups in total. The lowest BCUT2D eigenvalue weighted by molar-refractivity contribution is 0.0684. The summed E-state index contributed by atoms with van der Waals surface area (Å²) in [5, 5.41) is 10.9. The van der Waals surface area contributed by atoms with Gasteiger partial charge in [0.25, 0.3) is 5.56 Å². The monoisotopic (exact) mass is 491 g/mol. The minimum absolute atomic E-state index is 0.228. The summed E-state index contributed by atoms with van der Waals surface area (Å²) in [6.45, 7) is -0.404. The van der Waals surface area contributed by atoms with E-state index in [9.17, 15) is 19.5 Å². The zero-order valence-electron chi connectivity index (χ0n) is 17.0. The summed E-state index contributed by atoms with van der Waals surface area (Å²) in [7, 11) is 1.52. The Balaban J connectivity index is 1.98. The van der Waals surface area contributed by atoms with Crippen molar-refractivity contribution in [2.75, 3.05) is 7.11 Å². The first-order valence-electron chi connectivity index (χ1n) is 9.72. The topological polar surface area (TPSA) is 85.6 Å². The fraction of sp³-hybridized carbons (Fsp3) is 0.0800. The molecule has 0 radical (unpaired) electrons. The number of nitrogens with zero attached hydrogens (tertiary/aromatic N) is 1. The maximum Gasteiger partial charge on any atom is 0.353 e.